The lowest BCUT2D eigenvalue weighted by molar-refractivity contribution is -0.126. The molecule has 2 unspecified atom stereocenters. The number of anilines is 1. The quantitative estimate of drug-likeness (QED) is 0.899. The zero-order valence-electron chi connectivity index (χ0n) is 10.6. The fourth-order valence-corrected chi connectivity index (χ4v) is 2.80. The Morgan fingerprint density at radius 1 is 1.44 bits per heavy atom. The molecule has 0 bridgehead atoms. The van der Waals surface area contributed by atoms with Crippen molar-refractivity contribution in [3.8, 4) is 0 Å². The summed E-state index contributed by atoms with van der Waals surface area (Å²) in [6.07, 6.45) is 0. The average molecular weight is 312 g/mol. The molecule has 2 N–H and O–H groups in total. The van der Waals surface area contributed by atoms with E-state index in [0.717, 1.165) is 10.2 Å². The van der Waals surface area contributed by atoms with Crippen LogP contribution in [0, 0.1) is 0 Å². The Morgan fingerprint density at radius 2 is 2.11 bits per heavy atom. The molecule has 18 heavy (non-hydrogen) atoms. The second-order valence-corrected chi connectivity index (χ2v) is 5.52. The number of carbonyl (C=O) groups excluding carboxylic acids is 1. The molecule has 0 saturated carbocycles. The first-order chi connectivity index (χ1) is 8.56. The predicted molar refractivity (Wildman–Crippen MR) is 76.6 cm³/mol. The van der Waals surface area contributed by atoms with Crippen LogP contribution in [0.15, 0.2) is 28.7 Å². The molecule has 5 heteroatoms. The smallest absolute Gasteiger partial charge is 0.245 e. The van der Waals surface area contributed by atoms with Crippen LogP contribution in [0.5, 0.6) is 0 Å². The maximum absolute atomic E-state index is 12.4. The second-order valence-electron chi connectivity index (χ2n) is 4.67. The molecule has 0 aliphatic carbocycles. The minimum absolute atomic E-state index is 0.0741. The minimum atomic E-state index is -0.235. The first kappa shape index (κ1) is 13.5. The molecule has 0 radical (unpaired) electrons. The van der Waals surface area contributed by atoms with Gasteiger partial charge in [-0.25, -0.2) is 0 Å². The fourth-order valence-electron chi connectivity index (χ4n) is 2.30. The molecule has 1 saturated heterocycles. The molecule has 1 aliphatic rings. The zero-order chi connectivity index (χ0) is 13.3. The Hall–Kier alpha value is -0.910. The van der Waals surface area contributed by atoms with Gasteiger partial charge in [-0.15, -0.1) is 0 Å². The van der Waals surface area contributed by atoms with E-state index in [1.165, 1.54) is 0 Å². The Kier molecular flexibility index (Phi) is 4.04. The fraction of sp³-hybridized carbons (Fsp3) is 0.462. The molecule has 2 rings (SSSR count). The second kappa shape index (κ2) is 5.38. The molecule has 1 amide bonds. The monoisotopic (exact) mass is 311 g/mol. The van der Waals surface area contributed by atoms with E-state index in [1.54, 1.807) is 0 Å². The molecule has 1 heterocycles. The van der Waals surface area contributed by atoms with Crippen molar-refractivity contribution < 1.29 is 4.79 Å². The van der Waals surface area contributed by atoms with Crippen LogP contribution in [0.3, 0.4) is 0 Å². The highest BCUT2D eigenvalue weighted by Crippen LogP contribution is 2.29. The molecule has 1 fully saturated rings. The Bertz CT molecular complexity index is 452. The summed E-state index contributed by atoms with van der Waals surface area (Å²) < 4.78 is 0.936. The summed E-state index contributed by atoms with van der Waals surface area (Å²) in [5, 5.41) is 0. The molecule has 1 aromatic carbocycles. The van der Waals surface area contributed by atoms with Crippen molar-refractivity contribution in [1.82, 2.24) is 4.90 Å². The highest BCUT2D eigenvalue weighted by molar-refractivity contribution is 9.10. The van der Waals surface area contributed by atoms with Gasteiger partial charge in [0.15, 0.2) is 0 Å². The standard InChI is InChI=1S/C13H18BrN3O/c1-9-8-17(11-6-4-3-5-10(11)14)13(18)12(7-15)16(9)2/h3-6,9,12H,7-8,15H2,1-2H3. The highest BCUT2D eigenvalue weighted by atomic mass is 79.9. The third-order valence-corrected chi connectivity index (χ3v) is 4.22. The number of amides is 1. The van der Waals surface area contributed by atoms with Crippen molar-refractivity contribution in [2.45, 2.75) is 19.0 Å². The summed E-state index contributed by atoms with van der Waals surface area (Å²) in [6.45, 7) is 3.15. The van der Waals surface area contributed by atoms with Crippen LogP contribution < -0.4 is 10.6 Å². The van der Waals surface area contributed by atoms with Gasteiger partial charge in [0.1, 0.15) is 6.04 Å². The third-order valence-electron chi connectivity index (χ3n) is 3.55. The summed E-state index contributed by atoms with van der Waals surface area (Å²) in [5.74, 6) is 0.0741. The van der Waals surface area contributed by atoms with Gasteiger partial charge in [-0.05, 0) is 42.0 Å². The van der Waals surface area contributed by atoms with Crippen molar-refractivity contribution in [3.05, 3.63) is 28.7 Å². The average Bonchev–Trinajstić information content (AvgIpc) is 2.36. The third kappa shape index (κ3) is 2.30. The number of carbonyl (C=O) groups is 1. The van der Waals surface area contributed by atoms with Crippen molar-refractivity contribution in [3.63, 3.8) is 0 Å². The van der Waals surface area contributed by atoms with E-state index >= 15 is 0 Å². The van der Waals surface area contributed by atoms with Crippen molar-refractivity contribution >= 4 is 27.5 Å². The normalized spacial score (nSPS) is 25.6. The van der Waals surface area contributed by atoms with E-state index in [4.69, 9.17) is 5.73 Å². The lowest BCUT2D eigenvalue weighted by atomic mass is 10.1. The van der Waals surface area contributed by atoms with Crippen LogP contribution in [-0.2, 0) is 4.79 Å². The Labute approximate surface area is 116 Å². The Balaban J connectivity index is 2.34. The number of nitrogens with zero attached hydrogens (tertiary/aromatic N) is 2. The van der Waals surface area contributed by atoms with Gasteiger partial charge in [0.25, 0.3) is 0 Å². The number of piperazine rings is 1. The molecular formula is C13H18BrN3O. The molecule has 2 atom stereocenters. The lowest BCUT2D eigenvalue weighted by Crippen LogP contribution is -2.62. The van der Waals surface area contributed by atoms with Crippen LogP contribution in [0.4, 0.5) is 5.69 Å². The molecule has 0 aromatic heterocycles. The molecule has 1 aromatic rings. The molecule has 1 aliphatic heterocycles. The zero-order valence-corrected chi connectivity index (χ0v) is 12.2. The molecule has 0 spiro atoms. The first-order valence-electron chi connectivity index (χ1n) is 6.04. The van der Waals surface area contributed by atoms with E-state index in [9.17, 15) is 4.79 Å². The van der Waals surface area contributed by atoms with Crippen molar-refractivity contribution in [1.29, 1.82) is 0 Å². The van der Waals surface area contributed by atoms with Crippen LogP contribution in [0.1, 0.15) is 6.92 Å². The predicted octanol–water partition coefficient (Wildman–Crippen LogP) is 1.44. The maximum Gasteiger partial charge on any atom is 0.245 e. The topological polar surface area (TPSA) is 49.6 Å². The minimum Gasteiger partial charge on any atom is -0.328 e. The molecular weight excluding hydrogens is 294 g/mol. The number of hydrogen-bond acceptors (Lipinski definition) is 3. The number of likely N-dealkylation sites (N-methyl/N-ethyl adjacent to an activating group) is 1. The number of benzene rings is 1. The van der Waals surface area contributed by atoms with E-state index < -0.39 is 0 Å². The number of hydrogen-bond donors (Lipinski definition) is 1. The van der Waals surface area contributed by atoms with E-state index in [0.29, 0.717) is 19.1 Å². The SMILES string of the molecule is CC1CN(c2ccccc2Br)C(=O)C(CN)N1C. The summed E-state index contributed by atoms with van der Waals surface area (Å²) >= 11 is 3.50. The van der Waals surface area contributed by atoms with Gasteiger partial charge in [-0.2, -0.15) is 0 Å². The number of para-hydroxylation sites is 1. The first-order valence-corrected chi connectivity index (χ1v) is 6.83. The maximum atomic E-state index is 12.4. The lowest BCUT2D eigenvalue weighted by Gasteiger charge is -2.42. The van der Waals surface area contributed by atoms with Crippen molar-refractivity contribution in [2.24, 2.45) is 5.73 Å². The molecule has 4 nitrogen and oxygen atoms in total. The van der Waals surface area contributed by atoms with E-state index in [-0.39, 0.29) is 11.9 Å². The highest BCUT2D eigenvalue weighted by Gasteiger charge is 2.36. The summed E-state index contributed by atoms with van der Waals surface area (Å²) in [4.78, 5) is 16.3. The summed E-state index contributed by atoms with van der Waals surface area (Å²) in [6, 6.07) is 7.84. The largest absolute Gasteiger partial charge is 0.328 e. The van der Waals surface area contributed by atoms with Crippen LogP contribution in [-0.4, -0.2) is 43.0 Å². The van der Waals surface area contributed by atoms with E-state index in [1.807, 2.05) is 36.2 Å². The summed E-state index contributed by atoms with van der Waals surface area (Å²) in [7, 11) is 1.96. The Morgan fingerprint density at radius 3 is 2.72 bits per heavy atom. The van der Waals surface area contributed by atoms with Gasteiger partial charge in [0.05, 0.1) is 5.69 Å². The van der Waals surface area contributed by atoms with Crippen molar-refractivity contribution in [2.75, 3.05) is 25.0 Å². The van der Waals surface area contributed by atoms with Gasteiger partial charge >= 0.3 is 0 Å². The van der Waals surface area contributed by atoms with Gasteiger partial charge in [-0.3, -0.25) is 9.69 Å². The van der Waals surface area contributed by atoms with E-state index in [2.05, 4.69) is 27.8 Å². The van der Waals surface area contributed by atoms with Gasteiger partial charge < -0.3 is 10.6 Å². The van der Waals surface area contributed by atoms with Crippen LogP contribution in [0.2, 0.25) is 0 Å². The van der Waals surface area contributed by atoms with Crippen LogP contribution in [0.25, 0.3) is 0 Å². The van der Waals surface area contributed by atoms with Gasteiger partial charge in [0, 0.05) is 23.6 Å². The number of nitrogens with two attached hydrogens (primary N) is 1. The molecule has 98 valence electrons. The van der Waals surface area contributed by atoms with Gasteiger partial charge in [0.2, 0.25) is 5.91 Å². The summed E-state index contributed by atoms with van der Waals surface area (Å²) in [5.41, 5.74) is 6.64. The number of rotatable bonds is 2. The number of halogens is 1. The van der Waals surface area contributed by atoms with Gasteiger partial charge in [-0.1, -0.05) is 12.1 Å². The van der Waals surface area contributed by atoms with Crippen LogP contribution >= 0.6 is 15.9 Å².